The van der Waals surface area contributed by atoms with Crippen molar-refractivity contribution in [1.82, 2.24) is 0 Å². The summed E-state index contributed by atoms with van der Waals surface area (Å²) < 4.78 is 17.8. The highest BCUT2D eigenvalue weighted by molar-refractivity contribution is 8.08. The summed E-state index contributed by atoms with van der Waals surface area (Å²) in [5.41, 5.74) is 0. The van der Waals surface area contributed by atoms with Gasteiger partial charge >= 0.3 is 14.5 Å². The second-order valence-electron chi connectivity index (χ2n) is 1.22. The van der Waals surface area contributed by atoms with Gasteiger partial charge in [0.1, 0.15) is 0 Å². The zero-order valence-corrected chi connectivity index (χ0v) is 7.47. The molecule has 0 aromatic heterocycles. The molecule has 0 heterocycles. The van der Waals surface area contributed by atoms with Crippen molar-refractivity contribution in [1.29, 1.82) is 0 Å². The molecule has 0 saturated heterocycles. The van der Waals surface area contributed by atoms with Crippen LogP contribution in [0.2, 0.25) is 0 Å². The van der Waals surface area contributed by atoms with Gasteiger partial charge in [0.2, 0.25) is 0 Å². The Morgan fingerprint density at radius 1 is 1.40 bits per heavy atom. The van der Waals surface area contributed by atoms with Gasteiger partial charge in [0.15, 0.2) is 0 Å². The Morgan fingerprint density at radius 2 is 1.80 bits per heavy atom. The van der Waals surface area contributed by atoms with Crippen molar-refractivity contribution >= 4 is 26.3 Å². The summed E-state index contributed by atoms with van der Waals surface area (Å²) in [7, 11) is -3.74. The summed E-state index contributed by atoms with van der Waals surface area (Å²) in [5.74, 6) is 0. The van der Waals surface area contributed by atoms with Gasteiger partial charge in [-0.15, -0.1) is 0 Å². The lowest BCUT2D eigenvalue weighted by Gasteiger charge is -2.12. The second kappa shape index (κ2) is 3.38. The number of hydrogen-bond donors (Lipinski definition) is 3. The molecule has 0 rings (SSSR count). The van der Waals surface area contributed by atoms with Gasteiger partial charge in [0.05, 0.1) is 0 Å². The molecule has 3 N–H and O–H groups in total. The Morgan fingerprint density at radius 3 is 1.90 bits per heavy atom. The van der Waals surface area contributed by atoms with Crippen LogP contribution < -0.4 is 0 Å². The van der Waals surface area contributed by atoms with Gasteiger partial charge in [0, 0.05) is 7.11 Å². The van der Waals surface area contributed by atoms with Gasteiger partial charge in [-0.05, 0) is 11.8 Å². The third-order valence-electron chi connectivity index (χ3n) is 0.440. The Bertz CT molecular complexity index is 194. The van der Waals surface area contributed by atoms with Crippen molar-refractivity contribution in [2.75, 3.05) is 7.11 Å². The lowest BCUT2D eigenvalue weighted by atomic mass is 11.8. The normalized spacial score (nSPS) is 18.4. The first-order valence-corrected chi connectivity index (χ1v) is 6.04. The number of rotatable bonds is 3. The van der Waals surface area contributed by atoms with E-state index in [1.165, 1.54) is 0 Å². The topological polar surface area (TPSA) is 96.2 Å². The van der Waals surface area contributed by atoms with Gasteiger partial charge in [-0.3, -0.25) is 0 Å². The molecule has 0 bridgehead atoms. The van der Waals surface area contributed by atoms with E-state index in [0.717, 1.165) is 7.11 Å². The summed E-state index contributed by atoms with van der Waals surface area (Å²) in [6, 6.07) is 0. The molecular weight excluding hydrogens is 202 g/mol. The van der Waals surface area contributed by atoms with Crippen LogP contribution in [0.1, 0.15) is 0 Å². The molecule has 0 radical (unpaired) electrons. The maximum atomic E-state index is 10.00. The Labute approximate surface area is 62.3 Å². The molecule has 0 aromatic rings. The molecule has 0 aliphatic carbocycles. The van der Waals surface area contributed by atoms with Crippen LogP contribution >= 0.6 is 14.5 Å². The summed E-state index contributed by atoms with van der Waals surface area (Å²) in [4.78, 5) is 24.8. The van der Waals surface area contributed by atoms with E-state index in [4.69, 9.17) is 14.7 Å². The first-order valence-electron chi connectivity index (χ1n) is 1.92. The zero-order chi connectivity index (χ0) is 8.41. The molecule has 9 heteroatoms. The van der Waals surface area contributed by atoms with Crippen molar-refractivity contribution in [3.8, 4) is 0 Å². The van der Waals surface area contributed by atoms with Gasteiger partial charge in [-0.1, -0.05) is 0 Å². The molecule has 0 fully saturated rings. The summed E-state index contributed by atoms with van der Waals surface area (Å²) >= 11 is 4.12. The molecule has 0 saturated carbocycles. The summed E-state index contributed by atoms with van der Waals surface area (Å²) in [6.07, 6.45) is 0. The monoisotopic (exact) mass is 208 g/mol. The minimum absolute atomic E-state index is 0.996. The molecule has 1 unspecified atom stereocenters. The predicted molar refractivity (Wildman–Crippen MR) is 36.6 cm³/mol. The zero-order valence-electron chi connectivity index (χ0n) is 4.87. The van der Waals surface area contributed by atoms with Crippen LogP contribution in [0.15, 0.2) is 0 Å². The molecule has 6 nitrogen and oxygen atoms in total. The average Bonchev–Trinajstić information content (AvgIpc) is 1.60. The van der Waals surface area contributed by atoms with Crippen LogP contribution in [0.4, 0.5) is 0 Å². The van der Waals surface area contributed by atoms with Crippen molar-refractivity contribution < 1.29 is 28.1 Å². The molecule has 0 aromatic carbocycles. The summed E-state index contributed by atoms with van der Waals surface area (Å²) in [6.45, 7) is -3.72. The first-order chi connectivity index (χ1) is 4.27. The molecule has 62 valence electrons. The van der Waals surface area contributed by atoms with E-state index in [9.17, 15) is 4.57 Å². The van der Waals surface area contributed by atoms with Crippen LogP contribution in [0.5, 0.6) is 0 Å². The smallest absolute Gasteiger partial charge is 0.324 e. The maximum absolute atomic E-state index is 10.00. The van der Waals surface area contributed by atoms with Crippen molar-refractivity contribution in [3.05, 3.63) is 0 Å². The van der Waals surface area contributed by atoms with Gasteiger partial charge in [0.25, 0.3) is 0 Å². The van der Waals surface area contributed by atoms with Crippen molar-refractivity contribution in [3.63, 3.8) is 0 Å². The Kier molecular flexibility index (Phi) is 3.61. The van der Waals surface area contributed by atoms with Gasteiger partial charge in [-0.2, -0.15) is 0 Å². The van der Waals surface area contributed by atoms with Gasteiger partial charge < -0.3 is 19.2 Å². The van der Waals surface area contributed by atoms with E-state index in [2.05, 4.69) is 20.6 Å². The molecule has 0 aliphatic rings. The average molecular weight is 208 g/mol. The highest BCUT2D eigenvalue weighted by Crippen LogP contribution is 2.57. The largest absolute Gasteiger partial charge is 0.476 e. The third kappa shape index (κ3) is 5.46. The molecule has 10 heavy (non-hydrogen) atoms. The van der Waals surface area contributed by atoms with Crippen LogP contribution in [0.25, 0.3) is 0 Å². The van der Waals surface area contributed by atoms with Crippen LogP contribution in [-0.2, 0) is 25.2 Å². The lowest BCUT2D eigenvalue weighted by molar-refractivity contribution is 0.243. The second-order valence-corrected chi connectivity index (χ2v) is 5.54. The predicted octanol–water partition coefficient (Wildman–Crippen LogP) is -0.0411. The molecule has 0 aliphatic heterocycles. The minimum atomic E-state index is -4.73. The Hall–Kier alpha value is 0.680. The molecule has 1 atom stereocenters. The Balaban J connectivity index is 4.17. The van der Waals surface area contributed by atoms with Crippen molar-refractivity contribution in [2.45, 2.75) is 0 Å². The SMILES string of the molecule is COP(O)(=S)OP(=O)(O)O. The van der Waals surface area contributed by atoms with Crippen molar-refractivity contribution in [2.24, 2.45) is 0 Å². The fourth-order valence-electron chi connectivity index (χ4n) is 0.168. The van der Waals surface area contributed by atoms with E-state index in [1.54, 1.807) is 0 Å². The molecule has 0 amide bonds. The third-order valence-corrected chi connectivity index (χ3v) is 3.63. The fourth-order valence-corrected chi connectivity index (χ4v) is 2.29. The highest BCUT2D eigenvalue weighted by Gasteiger charge is 2.26. The van der Waals surface area contributed by atoms with Crippen LogP contribution in [-0.4, -0.2) is 21.8 Å². The molecular formula is CH6O6P2S. The standard InChI is InChI=1S/CH6O6P2S/c1-6-9(5,10)7-8(2,3)4/h1H3,(H,5,10)(H2,2,3,4). The van der Waals surface area contributed by atoms with E-state index in [0.29, 0.717) is 0 Å². The molecule has 0 spiro atoms. The maximum Gasteiger partial charge on any atom is 0.476 e. The lowest BCUT2D eigenvalue weighted by Crippen LogP contribution is -1.88. The highest BCUT2D eigenvalue weighted by atomic mass is 32.5. The van der Waals surface area contributed by atoms with E-state index >= 15 is 0 Å². The van der Waals surface area contributed by atoms with Crippen LogP contribution in [0.3, 0.4) is 0 Å². The minimum Gasteiger partial charge on any atom is -0.324 e. The van der Waals surface area contributed by atoms with E-state index in [1.807, 2.05) is 0 Å². The first kappa shape index (κ1) is 10.7. The fraction of sp³-hybridized carbons (Fsp3) is 1.00. The summed E-state index contributed by atoms with van der Waals surface area (Å²) in [5, 5.41) is 0. The van der Waals surface area contributed by atoms with E-state index < -0.39 is 14.5 Å². The number of phosphoric acid groups is 1. The van der Waals surface area contributed by atoms with Gasteiger partial charge in [-0.25, -0.2) is 8.88 Å². The quantitative estimate of drug-likeness (QED) is 0.560. The number of hydrogen-bond acceptors (Lipinski definition) is 4. The van der Waals surface area contributed by atoms with E-state index in [-0.39, 0.29) is 0 Å². The van der Waals surface area contributed by atoms with Crippen LogP contribution in [0, 0.1) is 0 Å².